The fourth-order valence-electron chi connectivity index (χ4n) is 2.52. The molecule has 1 aromatic carbocycles. The summed E-state index contributed by atoms with van der Waals surface area (Å²) in [6.45, 7) is 5.20. The summed E-state index contributed by atoms with van der Waals surface area (Å²) >= 11 is 0. The highest BCUT2D eigenvalue weighted by Gasteiger charge is 2.11. The molecule has 0 aliphatic carbocycles. The second kappa shape index (κ2) is 7.11. The molecule has 0 unspecified atom stereocenters. The summed E-state index contributed by atoms with van der Waals surface area (Å²) < 4.78 is 2.27. The maximum atomic E-state index is 10.8. The van der Waals surface area contributed by atoms with Crippen LogP contribution in [0.5, 0.6) is 0 Å². The lowest BCUT2D eigenvalue weighted by Crippen LogP contribution is -2.07. The van der Waals surface area contributed by atoms with Crippen LogP contribution in [0.1, 0.15) is 37.4 Å². The van der Waals surface area contributed by atoms with Gasteiger partial charge in [-0.1, -0.05) is 43.2 Å². The van der Waals surface area contributed by atoms with Crippen molar-refractivity contribution >= 4 is 5.97 Å². The summed E-state index contributed by atoms with van der Waals surface area (Å²) in [6, 6.07) is 12.7. The van der Waals surface area contributed by atoms with Gasteiger partial charge in [-0.2, -0.15) is 0 Å². The van der Waals surface area contributed by atoms with Crippen LogP contribution in [0.2, 0.25) is 0 Å². The molecule has 0 aliphatic rings. The van der Waals surface area contributed by atoms with E-state index in [4.69, 9.17) is 5.11 Å². The van der Waals surface area contributed by atoms with Crippen molar-refractivity contribution in [2.45, 2.75) is 46.1 Å². The highest BCUT2D eigenvalue weighted by Crippen LogP contribution is 2.24. The first-order valence-corrected chi connectivity index (χ1v) is 7.59. The van der Waals surface area contributed by atoms with Gasteiger partial charge in [0.15, 0.2) is 0 Å². The number of rotatable bonds is 7. The van der Waals surface area contributed by atoms with Gasteiger partial charge in [0.25, 0.3) is 0 Å². The number of carbonyl (C=O) groups is 1. The third-order valence-electron chi connectivity index (χ3n) is 3.75. The standard InChI is InChI=1S/C18H23NO2/c1-3-4-13-19-16(10-12-18(20)21)9-11-17(19)15-7-5-14(2)6-8-15/h5-9,11H,3-4,10,12-13H2,1-2H3,(H,20,21). The van der Waals surface area contributed by atoms with Crippen LogP contribution in [-0.4, -0.2) is 15.6 Å². The second-order valence-electron chi connectivity index (χ2n) is 5.47. The average molecular weight is 285 g/mol. The molecule has 1 heterocycles. The zero-order chi connectivity index (χ0) is 15.2. The average Bonchev–Trinajstić information content (AvgIpc) is 2.86. The molecule has 0 radical (unpaired) electrons. The molecule has 0 amide bonds. The fraction of sp³-hybridized carbons (Fsp3) is 0.389. The lowest BCUT2D eigenvalue weighted by molar-refractivity contribution is -0.136. The predicted octanol–water partition coefficient (Wildman–Crippen LogP) is 4.28. The minimum atomic E-state index is -0.741. The van der Waals surface area contributed by atoms with Crippen molar-refractivity contribution < 1.29 is 9.90 Å². The van der Waals surface area contributed by atoms with E-state index in [2.05, 4.69) is 54.8 Å². The maximum Gasteiger partial charge on any atom is 0.303 e. The number of aromatic nitrogens is 1. The quantitative estimate of drug-likeness (QED) is 0.825. The number of benzene rings is 1. The molecule has 0 atom stereocenters. The molecule has 0 bridgehead atoms. The van der Waals surface area contributed by atoms with Crippen molar-refractivity contribution in [1.29, 1.82) is 0 Å². The van der Waals surface area contributed by atoms with Crippen molar-refractivity contribution in [1.82, 2.24) is 4.57 Å². The van der Waals surface area contributed by atoms with Crippen molar-refractivity contribution in [2.75, 3.05) is 0 Å². The molecule has 0 saturated carbocycles. The first-order valence-electron chi connectivity index (χ1n) is 7.59. The molecule has 1 N–H and O–H groups in total. The van der Waals surface area contributed by atoms with Crippen LogP contribution in [-0.2, 0) is 17.8 Å². The number of carboxylic acids is 1. The monoisotopic (exact) mass is 285 g/mol. The van der Waals surface area contributed by atoms with Crippen molar-refractivity contribution in [3.05, 3.63) is 47.7 Å². The Hall–Kier alpha value is -2.03. The number of nitrogens with zero attached hydrogens (tertiary/aromatic N) is 1. The van der Waals surface area contributed by atoms with Gasteiger partial charge in [-0.25, -0.2) is 0 Å². The highest BCUT2D eigenvalue weighted by molar-refractivity contribution is 5.67. The predicted molar refractivity (Wildman–Crippen MR) is 85.5 cm³/mol. The van der Waals surface area contributed by atoms with E-state index in [0.29, 0.717) is 6.42 Å². The molecule has 3 heteroatoms. The van der Waals surface area contributed by atoms with Crippen LogP contribution < -0.4 is 0 Å². The fourth-order valence-corrected chi connectivity index (χ4v) is 2.52. The van der Waals surface area contributed by atoms with Crippen LogP contribution in [0, 0.1) is 6.92 Å². The van der Waals surface area contributed by atoms with Crippen molar-refractivity contribution in [2.24, 2.45) is 0 Å². The van der Waals surface area contributed by atoms with Gasteiger partial charge in [0, 0.05) is 17.9 Å². The molecule has 112 valence electrons. The molecular weight excluding hydrogens is 262 g/mol. The summed E-state index contributed by atoms with van der Waals surface area (Å²) in [5.74, 6) is -0.741. The molecule has 2 rings (SSSR count). The topological polar surface area (TPSA) is 42.2 Å². The SMILES string of the molecule is CCCCn1c(CCC(=O)O)ccc1-c1ccc(C)cc1. The second-order valence-corrected chi connectivity index (χ2v) is 5.47. The Balaban J connectivity index is 2.31. The van der Waals surface area contributed by atoms with Gasteiger partial charge >= 0.3 is 5.97 Å². The molecule has 3 nitrogen and oxygen atoms in total. The summed E-state index contributed by atoms with van der Waals surface area (Å²) in [7, 11) is 0. The Morgan fingerprint density at radius 2 is 1.86 bits per heavy atom. The third kappa shape index (κ3) is 3.97. The van der Waals surface area contributed by atoms with Crippen LogP contribution >= 0.6 is 0 Å². The minimum absolute atomic E-state index is 0.184. The van der Waals surface area contributed by atoms with Gasteiger partial charge in [0.05, 0.1) is 6.42 Å². The number of unbranched alkanes of at least 4 members (excludes halogenated alkanes) is 1. The van der Waals surface area contributed by atoms with Gasteiger partial charge in [-0.3, -0.25) is 4.79 Å². The van der Waals surface area contributed by atoms with Gasteiger partial charge in [0.2, 0.25) is 0 Å². The first-order chi connectivity index (χ1) is 10.1. The Labute approximate surface area is 126 Å². The van der Waals surface area contributed by atoms with Gasteiger partial charge in [0.1, 0.15) is 0 Å². The van der Waals surface area contributed by atoms with E-state index in [1.165, 1.54) is 16.8 Å². The normalized spacial score (nSPS) is 10.8. The number of carboxylic acid groups (broad SMARTS) is 1. The zero-order valence-corrected chi connectivity index (χ0v) is 12.8. The highest BCUT2D eigenvalue weighted by atomic mass is 16.4. The summed E-state index contributed by atoms with van der Waals surface area (Å²) in [6.07, 6.45) is 3.01. The molecule has 2 aromatic rings. The third-order valence-corrected chi connectivity index (χ3v) is 3.75. The molecule has 1 aromatic heterocycles. The Morgan fingerprint density at radius 3 is 2.48 bits per heavy atom. The Bertz CT molecular complexity index is 596. The Kier molecular flexibility index (Phi) is 5.20. The van der Waals surface area contributed by atoms with Crippen LogP contribution in [0.15, 0.2) is 36.4 Å². The largest absolute Gasteiger partial charge is 0.481 e. The van der Waals surface area contributed by atoms with Crippen LogP contribution in [0.25, 0.3) is 11.3 Å². The van der Waals surface area contributed by atoms with Crippen LogP contribution in [0.4, 0.5) is 0 Å². The number of aryl methyl sites for hydroxylation is 2. The lowest BCUT2D eigenvalue weighted by Gasteiger charge is -2.13. The van der Waals surface area contributed by atoms with Crippen molar-refractivity contribution in [3.63, 3.8) is 0 Å². The molecule has 0 aliphatic heterocycles. The van der Waals surface area contributed by atoms with E-state index in [1.807, 2.05) is 0 Å². The number of hydrogen-bond acceptors (Lipinski definition) is 1. The van der Waals surface area contributed by atoms with E-state index < -0.39 is 5.97 Å². The number of aliphatic carboxylic acids is 1. The lowest BCUT2D eigenvalue weighted by atomic mass is 10.1. The molecular formula is C18H23NO2. The van der Waals surface area contributed by atoms with E-state index in [9.17, 15) is 4.79 Å². The van der Waals surface area contributed by atoms with E-state index in [0.717, 1.165) is 25.1 Å². The van der Waals surface area contributed by atoms with Gasteiger partial charge in [-0.15, -0.1) is 0 Å². The van der Waals surface area contributed by atoms with E-state index in [-0.39, 0.29) is 6.42 Å². The van der Waals surface area contributed by atoms with Gasteiger partial charge in [-0.05, 0) is 37.5 Å². The first kappa shape index (κ1) is 15.4. The summed E-state index contributed by atoms with van der Waals surface area (Å²) in [5.41, 5.74) is 4.74. The molecule has 0 saturated heterocycles. The van der Waals surface area contributed by atoms with E-state index in [1.54, 1.807) is 0 Å². The van der Waals surface area contributed by atoms with Crippen molar-refractivity contribution in [3.8, 4) is 11.3 Å². The zero-order valence-electron chi connectivity index (χ0n) is 12.8. The maximum absolute atomic E-state index is 10.8. The molecule has 21 heavy (non-hydrogen) atoms. The van der Waals surface area contributed by atoms with Gasteiger partial charge < -0.3 is 9.67 Å². The minimum Gasteiger partial charge on any atom is -0.481 e. The Morgan fingerprint density at radius 1 is 1.14 bits per heavy atom. The van der Waals surface area contributed by atoms with Crippen LogP contribution in [0.3, 0.4) is 0 Å². The summed E-state index contributed by atoms with van der Waals surface area (Å²) in [5, 5.41) is 8.89. The smallest absolute Gasteiger partial charge is 0.303 e. The number of hydrogen-bond donors (Lipinski definition) is 1. The van der Waals surface area contributed by atoms with E-state index >= 15 is 0 Å². The molecule has 0 fully saturated rings. The molecule has 0 spiro atoms. The summed E-state index contributed by atoms with van der Waals surface area (Å²) in [4.78, 5) is 10.8.